The first-order valence-corrected chi connectivity index (χ1v) is 2.82. The third kappa shape index (κ3) is 1.01. The van der Waals surface area contributed by atoms with Gasteiger partial charge >= 0.3 is 0 Å². The van der Waals surface area contributed by atoms with Gasteiger partial charge in [-0.05, 0) is 6.42 Å². The zero-order chi connectivity index (χ0) is 6.69. The standard InChI is InChI=1S/C5H8N2O2/c8-4-6-2-1-3-7(6)5-9/h4-5H,1-3H2. The van der Waals surface area contributed by atoms with Gasteiger partial charge in [0, 0.05) is 13.1 Å². The van der Waals surface area contributed by atoms with Crippen molar-refractivity contribution in [2.24, 2.45) is 0 Å². The Bertz CT molecular complexity index is 112. The Balaban J connectivity index is 2.50. The predicted octanol–water partition coefficient (Wildman–Crippen LogP) is -0.778. The maximum Gasteiger partial charge on any atom is 0.228 e. The fraction of sp³-hybridized carbons (Fsp3) is 0.600. The van der Waals surface area contributed by atoms with Crippen LogP contribution < -0.4 is 0 Å². The zero-order valence-electron chi connectivity index (χ0n) is 4.99. The SMILES string of the molecule is O=CN1CCCN1C=O. The second-order valence-corrected chi connectivity index (χ2v) is 1.89. The van der Waals surface area contributed by atoms with E-state index in [1.807, 2.05) is 0 Å². The quantitative estimate of drug-likeness (QED) is 0.458. The Morgan fingerprint density at radius 3 is 1.78 bits per heavy atom. The van der Waals surface area contributed by atoms with Crippen LogP contribution in [0, 0.1) is 0 Å². The van der Waals surface area contributed by atoms with E-state index in [0.717, 1.165) is 6.42 Å². The normalized spacial score (nSPS) is 18.2. The van der Waals surface area contributed by atoms with E-state index in [1.54, 1.807) is 0 Å². The van der Waals surface area contributed by atoms with Gasteiger partial charge in [0.2, 0.25) is 12.8 Å². The molecule has 0 aromatic carbocycles. The summed E-state index contributed by atoms with van der Waals surface area (Å²) in [4.78, 5) is 20.2. The number of amides is 2. The molecule has 9 heavy (non-hydrogen) atoms. The molecule has 0 aliphatic carbocycles. The molecule has 0 saturated carbocycles. The highest BCUT2D eigenvalue weighted by Gasteiger charge is 2.16. The summed E-state index contributed by atoms with van der Waals surface area (Å²) in [5.41, 5.74) is 0. The van der Waals surface area contributed by atoms with Crippen LogP contribution in [0.5, 0.6) is 0 Å². The summed E-state index contributed by atoms with van der Waals surface area (Å²) in [6, 6.07) is 0. The molecule has 1 aliphatic heterocycles. The minimum atomic E-state index is 0.668. The van der Waals surface area contributed by atoms with Gasteiger partial charge in [-0.2, -0.15) is 0 Å². The zero-order valence-corrected chi connectivity index (χ0v) is 4.99. The molecule has 0 unspecified atom stereocenters. The molecule has 1 rings (SSSR count). The fourth-order valence-electron chi connectivity index (χ4n) is 0.878. The summed E-state index contributed by atoms with van der Waals surface area (Å²) >= 11 is 0. The molecular formula is C5H8N2O2. The van der Waals surface area contributed by atoms with Crippen molar-refractivity contribution in [3.8, 4) is 0 Å². The topological polar surface area (TPSA) is 40.6 Å². The van der Waals surface area contributed by atoms with Crippen molar-refractivity contribution >= 4 is 12.8 Å². The van der Waals surface area contributed by atoms with Crippen LogP contribution >= 0.6 is 0 Å². The maximum atomic E-state index is 10.1. The fourth-order valence-corrected chi connectivity index (χ4v) is 0.878. The minimum absolute atomic E-state index is 0.668. The summed E-state index contributed by atoms with van der Waals surface area (Å²) in [7, 11) is 0. The van der Waals surface area contributed by atoms with Crippen LogP contribution in [0.3, 0.4) is 0 Å². The van der Waals surface area contributed by atoms with Gasteiger partial charge < -0.3 is 0 Å². The first kappa shape index (κ1) is 6.07. The second kappa shape index (κ2) is 2.48. The van der Waals surface area contributed by atoms with E-state index in [0.29, 0.717) is 25.9 Å². The molecule has 1 heterocycles. The van der Waals surface area contributed by atoms with E-state index in [4.69, 9.17) is 0 Å². The van der Waals surface area contributed by atoms with Crippen molar-refractivity contribution < 1.29 is 9.59 Å². The molecular weight excluding hydrogens is 120 g/mol. The second-order valence-electron chi connectivity index (χ2n) is 1.89. The summed E-state index contributed by atoms with van der Waals surface area (Å²) in [5.74, 6) is 0. The molecule has 1 fully saturated rings. The summed E-state index contributed by atoms with van der Waals surface area (Å²) < 4.78 is 0. The van der Waals surface area contributed by atoms with Gasteiger partial charge in [-0.3, -0.25) is 19.6 Å². The van der Waals surface area contributed by atoms with Crippen LogP contribution in [0.4, 0.5) is 0 Å². The molecule has 0 bridgehead atoms. The number of nitrogens with zero attached hydrogens (tertiary/aromatic N) is 2. The van der Waals surface area contributed by atoms with Crippen molar-refractivity contribution in [3.63, 3.8) is 0 Å². The van der Waals surface area contributed by atoms with Crippen LogP contribution in [0.1, 0.15) is 6.42 Å². The van der Waals surface area contributed by atoms with E-state index >= 15 is 0 Å². The van der Waals surface area contributed by atoms with E-state index in [2.05, 4.69) is 0 Å². The van der Waals surface area contributed by atoms with Crippen LogP contribution in [-0.4, -0.2) is 35.9 Å². The summed E-state index contributed by atoms with van der Waals surface area (Å²) in [5, 5.41) is 2.74. The Morgan fingerprint density at radius 1 is 1.00 bits per heavy atom. The van der Waals surface area contributed by atoms with Crippen molar-refractivity contribution in [2.75, 3.05) is 13.1 Å². The van der Waals surface area contributed by atoms with Crippen LogP contribution in [-0.2, 0) is 9.59 Å². The maximum absolute atomic E-state index is 10.1. The Labute approximate surface area is 53.0 Å². The number of carbonyl (C=O) groups excluding carboxylic acids is 2. The summed E-state index contributed by atoms with van der Waals surface area (Å²) in [6.07, 6.45) is 2.22. The van der Waals surface area contributed by atoms with E-state index in [9.17, 15) is 9.59 Å². The first-order valence-electron chi connectivity index (χ1n) is 2.82. The molecule has 1 saturated heterocycles. The van der Waals surface area contributed by atoms with E-state index in [1.165, 1.54) is 10.0 Å². The van der Waals surface area contributed by atoms with E-state index in [-0.39, 0.29) is 0 Å². The third-order valence-corrected chi connectivity index (χ3v) is 1.35. The smallest absolute Gasteiger partial charge is 0.228 e. The molecule has 0 radical (unpaired) electrons. The highest BCUT2D eigenvalue weighted by molar-refractivity contribution is 5.55. The van der Waals surface area contributed by atoms with Gasteiger partial charge in [-0.1, -0.05) is 0 Å². The highest BCUT2D eigenvalue weighted by atomic mass is 16.2. The van der Waals surface area contributed by atoms with Crippen molar-refractivity contribution in [3.05, 3.63) is 0 Å². The third-order valence-electron chi connectivity index (χ3n) is 1.35. The molecule has 0 atom stereocenters. The largest absolute Gasteiger partial charge is 0.277 e. The van der Waals surface area contributed by atoms with Gasteiger partial charge in [0.15, 0.2) is 0 Å². The van der Waals surface area contributed by atoms with Crippen molar-refractivity contribution in [1.29, 1.82) is 0 Å². The lowest BCUT2D eigenvalue weighted by molar-refractivity contribution is -0.141. The molecule has 4 nitrogen and oxygen atoms in total. The molecule has 50 valence electrons. The van der Waals surface area contributed by atoms with Gasteiger partial charge in [0.1, 0.15) is 0 Å². The number of hydrogen-bond donors (Lipinski definition) is 0. The molecule has 0 aromatic rings. The molecule has 2 amide bonds. The lowest BCUT2D eigenvalue weighted by Crippen LogP contribution is -2.33. The highest BCUT2D eigenvalue weighted by Crippen LogP contribution is 2.03. The van der Waals surface area contributed by atoms with Crippen LogP contribution in [0.2, 0.25) is 0 Å². The molecule has 4 heteroatoms. The Hall–Kier alpha value is -1.06. The molecule has 0 spiro atoms. The molecule has 0 aromatic heterocycles. The molecule has 1 aliphatic rings. The minimum Gasteiger partial charge on any atom is -0.277 e. The van der Waals surface area contributed by atoms with Gasteiger partial charge in [0.05, 0.1) is 0 Å². The van der Waals surface area contributed by atoms with Crippen molar-refractivity contribution in [2.45, 2.75) is 6.42 Å². The van der Waals surface area contributed by atoms with Crippen molar-refractivity contribution in [1.82, 2.24) is 10.0 Å². The number of hydrazine groups is 1. The lowest BCUT2D eigenvalue weighted by Gasteiger charge is -2.17. The molecule has 0 N–H and O–H groups in total. The number of carbonyl (C=O) groups is 2. The van der Waals surface area contributed by atoms with Gasteiger partial charge in [-0.25, -0.2) is 0 Å². The Kier molecular flexibility index (Phi) is 1.67. The van der Waals surface area contributed by atoms with E-state index < -0.39 is 0 Å². The first-order chi connectivity index (χ1) is 4.38. The van der Waals surface area contributed by atoms with Gasteiger partial charge in [-0.15, -0.1) is 0 Å². The summed E-state index contributed by atoms with van der Waals surface area (Å²) in [6.45, 7) is 1.34. The Morgan fingerprint density at radius 2 is 1.44 bits per heavy atom. The number of hydrogen-bond acceptors (Lipinski definition) is 2. The average Bonchev–Trinajstić information content (AvgIpc) is 2.33. The number of rotatable bonds is 2. The average molecular weight is 128 g/mol. The monoisotopic (exact) mass is 128 g/mol. The lowest BCUT2D eigenvalue weighted by atomic mass is 10.5. The predicted molar refractivity (Wildman–Crippen MR) is 30.2 cm³/mol. The van der Waals surface area contributed by atoms with Gasteiger partial charge in [0.25, 0.3) is 0 Å². The van der Waals surface area contributed by atoms with Crippen LogP contribution in [0.25, 0.3) is 0 Å². The van der Waals surface area contributed by atoms with Crippen LogP contribution in [0.15, 0.2) is 0 Å².